The van der Waals surface area contributed by atoms with E-state index in [4.69, 9.17) is 10.5 Å². The third-order valence-corrected chi connectivity index (χ3v) is 3.41. The second kappa shape index (κ2) is 5.87. The Kier molecular flexibility index (Phi) is 4.19. The topological polar surface area (TPSA) is 98.7 Å². The van der Waals surface area contributed by atoms with E-state index >= 15 is 0 Å². The smallest absolute Gasteiger partial charge is 0.340 e. The van der Waals surface area contributed by atoms with E-state index in [0.29, 0.717) is 0 Å². The van der Waals surface area contributed by atoms with Gasteiger partial charge in [0.2, 0.25) is 0 Å². The van der Waals surface area contributed by atoms with Gasteiger partial charge in [0.15, 0.2) is 0 Å². The summed E-state index contributed by atoms with van der Waals surface area (Å²) >= 11 is 0. The van der Waals surface area contributed by atoms with Crippen molar-refractivity contribution in [1.29, 1.82) is 0 Å². The van der Waals surface area contributed by atoms with Crippen LogP contribution in [0.1, 0.15) is 23.2 Å². The molecule has 7 heteroatoms. The van der Waals surface area contributed by atoms with Crippen LogP contribution in [0.25, 0.3) is 0 Å². The summed E-state index contributed by atoms with van der Waals surface area (Å²) in [6.07, 6.45) is 1.46. The number of anilines is 1. The molecule has 0 spiro atoms. The summed E-state index contributed by atoms with van der Waals surface area (Å²) < 4.78 is 5.39. The van der Waals surface area contributed by atoms with E-state index in [1.54, 1.807) is 0 Å². The Morgan fingerprint density at radius 1 is 1.45 bits per heavy atom. The number of carbonyl (C=O) groups is 1. The summed E-state index contributed by atoms with van der Waals surface area (Å²) in [5.74, 6) is -0.521. The van der Waals surface area contributed by atoms with Crippen LogP contribution >= 0.6 is 0 Å². The molecule has 0 unspecified atom stereocenters. The molecule has 1 heterocycles. The number of rotatable bonds is 3. The number of likely N-dealkylation sites (tertiary alicyclic amines) is 1. The fraction of sp³-hybridized carbons (Fsp3) is 0.462. The van der Waals surface area contributed by atoms with E-state index in [2.05, 4.69) is 4.90 Å². The molecular formula is C13H17N3O4. The first kappa shape index (κ1) is 14.3. The number of nitrogens with two attached hydrogens (primary N) is 1. The third-order valence-electron chi connectivity index (χ3n) is 3.41. The number of hydrogen-bond donors (Lipinski definition) is 1. The van der Waals surface area contributed by atoms with Crippen molar-refractivity contribution in [2.75, 3.05) is 25.9 Å². The standard InChI is InChI=1S/C13H17N3O4/c1-15-6-4-10(5-7-15)20-13(17)11-3-2-9(16(18)19)8-12(11)14/h2-3,8,10H,4-7,14H2,1H3. The number of nitrogen functional groups attached to an aromatic ring is 1. The van der Waals surface area contributed by atoms with Gasteiger partial charge in [-0.3, -0.25) is 10.1 Å². The summed E-state index contributed by atoms with van der Waals surface area (Å²) in [6.45, 7) is 1.77. The number of nitrogens with zero attached hydrogens (tertiary/aromatic N) is 2. The molecule has 0 bridgehead atoms. The zero-order valence-electron chi connectivity index (χ0n) is 11.2. The molecule has 2 N–H and O–H groups in total. The van der Waals surface area contributed by atoms with E-state index in [1.165, 1.54) is 18.2 Å². The molecule has 0 aliphatic carbocycles. The highest BCUT2D eigenvalue weighted by Gasteiger charge is 2.22. The molecule has 1 aliphatic heterocycles. The SMILES string of the molecule is CN1CCC(OC(=O)c2ccc([N+](=O)[O-])cc2N)CC1. The number of benzene rings is 1. The number of carbonyl (C=O) groups excluding carboxylic acids is 1. The van der Waals surface area contributed by atoms with Crippen LogP contribution in [0.15, 0.2) is 18.2 Å². The molecule has 108 valence electrons. The lowest BCUT2D eigenvalue weighted by Gasteiger charge is -2.28. The molecule has 0 amide bonds. The zero-order valence-corrected chi connectivity index (χ0v) is 11.2. The van der Waals surface area contributed by atoms with Crippen molar-refractivity contribution >= 4 is 17.3 Å². The van der Waals surface area contributed by atoms with Crippen LogP contribution in [-0.4, -0.2) is 42.0 Å². The lowest BCUT2D eigenvalue weighted by Crippen LogP contribution is -2.35. The molecule has 0 aromatic heterocycles. The second-order valence-corrected chi connectivity index (χ2v) is 4.94. The van der Waals surface area contributed by atoms with Crippen molar-refractivity contribution in [1.82, 2.24) is 4.90 Å². The largest absolute Gasteiger partial charge is 0.459 e. The lowest BCUT2D eigenvalue weighted by molar-refractivity contribution is -0.384. The molecule has 0 atom stereocenters. The number of hydrogen-bond acceptors (Lipinski definition) is 6. The quantitative estimate of drug-likeness (QED) is 0.389. The van der Waals surface area contributed by atoms with E-state index < -0.39 is 10.9 Å². The van der Waals surface area contributed by atoms with Crippen molar-refractivity contribution in [2.45, 2.75) is 18.9 Å². The molecule has 1 aliphatic rings. The Morgan fingerprint density at radius 2 is 2.10 bits per heavy atom. The van der Waals surface area contributed by atoms with Gasteiger partial charge in [0, 0.05) is 25.2 Å². The molecule has 7 nitrogen and oxygen atoms in total. The average Bonchev–Trinajstić information content (AvgIpc) is 2.41. The monoisotopic (exact) mass is 279 g/mol. The van der Waals surface area contributed by atoms with Gasteiger partial charge in [-0.05, 0) is 26.0 Å². The highest BCUT2D eigenvalue weighted by Crippen LogP contribution is 2.22. The predicted molar refractivity (Wildman–Crippen MR) is 73.4 cm³/mol. The highest BCUT2D eigenvalue weighted by atomic mass is 16.6. The Bertz CT molecular complexity index is 524. The summed E-state index contributed by atoms with van der Waals surface area (Å²) in [6, 6.07) is 3.76. The highest BCUT2D eigenvalue weighted by molar-refractivity contribution is 5.95. The van der Waals surface area contributed by atoms with Crippen LogP contribution in [0.5, 0.6) is 0 Å². The molecule has 2 rings (SSSR count). The molecule has 0 saturated carbocycles. The van der Waals surface area contributed by atoms with Crippen molar-refractivity contribution in [2.24, 2.45) is 0 Å². The van der Waals surface area contributed by atoms with Gasteiger partial charge in [-0.2, -0.15) is 0 Å². The maximum Gasteiger partial charge on any atom is 0.340 e. The summed E-state index contributed by atoms with van der Waals surface area (Å²) in [5.41, 5.74) is 5.78. The van der Waals surface area contributed by atoms with Crippen LogP contribution in [0, 0.1) is 10.1 Å². The van der Waals surface area contributed by atoms with E-state index in [-0.39, 0.29) is 23.0 Å². The number of esters is 1. The normalized spacial score (nSPS) is 16.9. The summed E-state index contributed by atoms with van der Waals surface area (Å²) in [7, 11) is 2.02. The second-order valence-electron chi connectivity index (χ2n) is 4.94. The fourth-order valence-corrected chi connectivity index (χ4v) is 2.17. The Balaban J connectivity index is 2.04. The predicted octanol–water partition coefficient (Wildman–Crippen LogP) is 1.43. The number of ether oxygens (including phenoxy) is 1. The molecule has 1 saturated heterocycles. The molecule has 1 aromatic carbocycles. The molecule has 20 heavy (non-hydrogen) atoms. The minimum Gasteiger partial charge on any atom is -0.459 e. The number of nitro benzene ring substituents is 1. The maximum absolute atomic E-state index is 12.0. The minimum absolute atomic E-state index is 0.0668. The number of piperidine rings is 1. The maximum atomic E-state index is 12.0. The van der Waals surface area contributed by atoms with Crippen molar-refractivity contribution in [3.63, 3.8) is 0 Å². The van der Waals surface area contributed by atoms with Gasteiger partial charge in [-0.25, -0.2) is 4.79 Å². The zero-order chi connectivity index (χ0) is 14.7. The minimum atomic E-state index is -0.553. The van der Waals surface area contributed by atoms with Crippen LogP contribution in [0.3, 0.4) is 0 Å². The Hall–Kier alpha value is -2.15. The van der Waals surface area contributed by atoms with E-state index in [9.17, 15) is 14.9 Å². The Labute approximate surface area is 116 Å². The van der Waals surface area contributed by atoms with Crippen LogP contribution in [0.4, 0.5) is 11.4 Å². The van der Waals surface area contributed by atoms with E-state index in [0.717, 1.165) is 25.9 Å². The van der Waals surface area contributed by atoms with Crippen LogP contribution < -0.4 is 5.73 Å². The first-order valence-corrected chi connectivity index (χ1v) is 6.41. The van der Waals surface area contributed by atoms with Gasteiger partial charge in [0.05, 0.1) is 16.2 Å². The molecular weight excluding hydrogens is 262 g/mol. The van der Waals surface area contributed by atoms with Gasteiger partial charge in [-0.15, -0.1) is 0 Å². The Morgan fingerprint density at radius 3 is 2.65 bits per heavy atom. The first-order valence-electron chi connectivity index (χ1n) is 6.41. The van der Waals surface area contributed by atoms with Gasteiger partial charge in [0.1, 0.15) is 6.10 Å². The van der Waals surface area contributed by atoms with Gasteiger partial charge in [-0.1, -0.05) is 0 Å². The molecule has 0 radical (unpaired) electrons. The van der Waals surface area contributed by atoms with E-state index in [1.807, 2.05) is 7.05 Å². The fourth-order valence-electron chi connectivity index (χ4n) is 2.17. The average molecular weight is 279 g/mol. The van der Waals surface area contributed by atoms with Gasteiger partial charge < -0.3 is 15.4 Å². The van der Waals surface area contributed by atoms with Crippen molar-refractivity contribution in [3.05, 3.63) is 33.9 Å². The lowest BCUT2D eigenvalue weighted by atomic mass is 10.1. The first-order chi connectivity index (χ1) is 9.47. The van der Waals surface area contributed by atoms with Crippen molar-refractivity contribution in [3.8, 4) is 0 Å². The van der Waals surface area contributed by atoms with Crippen LogP contribution in [0.2, 0.25) is 0 Å². The summed E-state index contributed by atoms with van der Waals surface area (Å²) in [5, 5.41) is 10.6. The van der Waals surface area contributed by atoms with Gasteiger partial charge >= 0.3 is 5.97 Å². The molecule has 1 fully saturated rings. The summed E-state index contributed by atoms with van der Waals surface area (Å²) in [4.78, 5) is 24.2. The van der Waals surface area contributed by atoms with Crippen LogP contribution in [-0.2, 0) is 4.74 Å². The number of non-ortho nitro benzene ring substituents is 1. The number of nitro groups is 1. The van der Waals surface area contributed by atoms with Crippen molar-refractivity contribution < 1.29 is 14.5 Å². The molecule has 1 aromatic rings. The third kappa shape index (κ3) is 3.24. The van der Waals surface area contributed by atoms with Gasteiger partial charge in [0.25, 0.3) is 5.69 Å².